The van der Waals surface area contributed by atoms with Gasteiger partial charge >= 0.3 is 0 Å². The number of nitrogens with two attached hydrogens (primary N) is 1. The summed E-state index contributed by atoms with van der Waals surface area (Å²) in [5, 5.41) is 2.67. The molecule has 21 heavy (non-hydrogen) atoms. The largest absolute Gasteiger partial charge is 0.399 e. The van der Waals surface area contributed by atoms with Gasteiger partial charge in [0.15, 0.2) is 9.84 Å². The monoisotopic (exact) mass is 304 g/mol. The topological polar surface area (TPSA) is 89.3 Å². The lowest BCUT2D eigenvalue weighted by molar-refractivity contribution is 0.102. The van der Waals surface area contributed by atoms with Crippen LogP contribution in [-0.2, 0) is 9.84 Å². The van der Waals surface area contributed by atoms with Crippen molar-refractivity contribution < 1.29 is 13.2 Å². The van der Waals surface area contributed by atoms with Crippen molar-refractivity contribution in [3.8, 4) is 0 Å². The molecule has 0 saturated carbocycles. The van der Waals surface area contributed by atoms with Gasteiger partial charge in [0.05, 0.1) is 4.90 Å². The first-order valence-corrected chi connectivity index (χ1v) is 8.14. The van der Waals surface area contributed by atoms with Gasteiger partial charge < -0.3 is 11.1 Å². The maximum atomic E-state index is 12.1. The highest BCUT2D eigenvalue weighted by atomic mass is 32.2. The highest BCUT2D eigenvalue weighted by Crippen LogP contribution is 2.17. The molecule has 110 valence electrons. The van der Waals surface area contributed by atoms with E-state index in [-0.39, 0.29) is 10.8 Å². The van der Waals surface area contributed by atoms with Crippen molar-refractivity contribution in [3.05, 3.63) is 53.6 Å². The molecule has 0 aliphatic heterocycles. The summed E-state index contributed by atoms with van der Waals surface area (Å²) in [5.74, 6) is -0.316. The van der Waals surface area contributed by atoms with Crippen LogP contribution < -0.4 is 11.1 Å². The van der Waals surface area contributed by atoms with Crippen LogP contribution in [0.5, 0.6) is 0 Å². The van der Waals surface area contributed by atoms with Crippen LogP contribution in [0.25, 0.3) is 0 Å². The molecule has 0 heterocycles. The Morgan fingerprint density at radius 3 is 2.48 bits per heavy atom. The van der Waals surface area contributed by atoms with Gasteiger partial charge in [-0.2, -0.15) is 0 Å². The predicted molar refractivity (Wildman–Crippen MR) is 83.1 cm³/mol. The molecular formula is C15H16N2O3S. The van der Waals surface area contributed by atoms with Gasteiger partial charge in [-0.1, -0.05) is 6.07 Å². The SMILES string of the molecule is Cc1cc(C(=O)Nc2cccc(S(C)(=O)=O)c2)ccc1N. The molecule has 0 atom stereocenters. The zero-order chi connectivity index (χ0) is 15.6. The maximum Gasteiger partial charge on any atom is 0.255 e. The molecule has 5 nitrogen and oxygen atoms in total. The number of nitrogen functional groups attached to an aromatic ring is 1. The van der Waals surface area contributed by atoms with Crippen molar-refractivity contribution in [2.24, 2.45) is 0 Å². The predicted octanol–water partition coefficient (Wildman–Crippen LogP) is 2.23. The Morgan fingerprint density at radius 2 is 1.86 bits per heavy atom. The smallest absolute Gasteiger partial charge is 0.255 e. The van der Waals surface area contributed by atoms with E-state index in [2.05, 4.69) is 5.32 Å². The Balaban J connectivity index is 2.25. The van der Waals surface area contributed by atoms with Gasteiger partial charge in [-0.25, -0.2) is 8.42 Å². The minimum absolute atomic E-state index is 0.161. The fourth-order valence-electron chi connectivity index (χ4n) is 1.82. The summed E-state index contributed by atoms with van der Waals surface area (Å²) < 4.78 is 23.0. The Kier molecular flexibility index (Phi) is 3.99. The lowest BCUT2D eigenvalue weighted by Crippen LogP contribution is -2.12. The summed E-state index contributed by atoms with van der Waals surface area (Å²) in [5.41, 5.74) is 8.03. The fourth-order valence-corrected chi connectivity index (χ4v) is 2.49. The Morgan fingerprint density at radius 1 is 1.14 bits per heavy atom. The van der Waals surface area contributed by atoms with Gasteiger partial charge in [0, 0.05) is 23.2 Å². The number of benzene rings is 2. The Hall–Kier alpha value is -2.34. The zero-order valence-electron chi connectivity index (χ0n) is 11.8. The molecule has 0 aliphatic rings. The van der Waals surface area contributed by atoms with Crippen LogP contribution in [0.3, 0.4) is 0 Å². The summed E-state index contributed by atoms with van der Waals surface area (Å²) in [4.78, 5) is 12.3. The number of carbonyl (C=O) groups excluding carboxylic acids is 1. The van der Waals surface area contributed by atoms with Crippen molar-refractivity contribution in [1.29, 1.82) is 0 Å². The summed E-state index contributed by atoms with van der Waals surface area (Å²) in [7, 11) is -3.31. The van der Waals surface area contributed by atoms with E-state index in [0.717, 1.165) is 11.8 Å². The number of nitrogens with one attached hydrogen (secondary N) is 1. The quantitative estimate of drug-likeness (QED) is 0.851. The van der Waals surface area contributed by atoms with Crippen LogP contribution in [0.15, 0.2) is 47.4 Å². The van der Waals surface area contributed by atoms with Gasteiger partial charge in [0.1, 0.15) is 0 Å². The minimum atomic E-state index is -3.31. The van der Waals surface area contributed by atoms with Crippen molar-refractivity contribution >= 4 is 27.1 Å². The molecule has 2 aromatic rings. The second-order valence-corrected chi connectivity index (χ2v) is 6.84. The van der Waals surface area contributed by atoms with E-state index in [1.807, 2.05) is 6.92 Å². The first kappa shape index (κ1) is 15.1. The van der Waals surface area contributed by atoms with Gasteiger partial charge in [-0.05, 0) is 48.9 Å². The van der Waals surface area contributed by atoms with Crippen LogP contribution in [0, 0.1) is 6.92 Å². The molecule has 0 aromatic heterocycles. The van der Waals surface area contributed by atoms with Gasteiger partial charge in [0.2, 0.25) is 0 Å². The van der Waals surface area contributed by atoms with E-state index < -0.39 is 9.84 Å². The van der Waals surface area contributed by atoms with E-state index in [1.165, 1.54) is 12.1 Å². The fraction of sp³-hybridized carbons (Fsp3) is 0.133. The number of carbonyl (C=O) groups is 1. The van der Waals surface area contributed by atoms with Crippen LogP contribution >= 0.6 is 0 Å². The van der Waals surface area contributed by atoms with E-state index in [1.54, 1.807) is 30.3 Å². The number of sulfone groups is 1. The Bertz CT molecular complexity index is 798. The van der Waals surface area contributed by atoms with Crippen molar-refractivity contribution in [1.82, 2.24) is 0 Å². The summed E-state index contributed by atoms with van der Waals surface area (Å²) in [6.45, 7) is 1.82. The van der Waals surface area contributed by atoms with E-state index in [9.17, 15) is 13.2 Å². The minimum Gasteiger partial charge on any atom is -0.399 e. The van der Waals surface area contributed by atoms with Crippen molar-refractivity contribution in [3.63, 3.8) is 0 Å². The molecule has 3 N–H and O–H groups in total. The molecule has 6 heteroatoms. The average Bonchev–Trinajstić information content (AvgIpc) is 2.41. The van der Waals surface area contributed by atoms with Gasteiger partial charge in [-0.3, -0.25) is 4.79 Å². The second-order valence-electron chi connectivity index (χ2n) is 4.83. The molecule has 0 bridgehead atoms. The van der Waals surface area contributed by atoms with Crippen LogP contribution in [-0.4, -0.2) is 20.6 Å². The molecule has 0 spiro atoms. The first-order chi connectivity index (χ1) is 9.77. The number of amides is 1. The van der Waals surface area contributed by atoms with E-state index in [4.69, 9.17) is 5.73 Å². The van der Waals surface area contributed by atoms with Gasteiger partial charge in [-0.15, -0.1) is 0 Å². The third kappa shape index (κ3) is 3.61. The second kappa shape index (κ2) is 5.57. The third-order valence-corrected chi connectivity index (χ3v) is 4.16. The van der Waals surface area contributed by atoms with E-state index >= 15 is 0 Å². The van der Waals surface area contributed by atoms with Crippen LogP contribution in [0.1, 0.15) is 15.9 Å². The molecule has 2 aromatic carbocycles. The highest BCUT2D eigenvalue weighted by molar-refractivity contribution is 7.90. The lowest BCUT2D eigenvalue weighted by Gasteiger charge is -2.08. The van der Waals surface area contributed by atoms with Crippen molar-refractivity contribution in [2.45, 2.75) is 11.8 Å². The molecule has 0 radical (unpaired) electrons. The summed E-state index contributed by atoms with van der Waals surface area (Å²) >= 11 is 0. The Labute approximate surface area is 123 Å². The number of aryl methyl sites for hydroxylation is 1. The van der Waals surface area contributed by atoms with E-state index in [0.29, 0.717) is 16.9 Å². The number of hydrogen-bond acceptors (Lipinski definition) is 4. The molecule has 0 saturated heterocycles. The molecule has 1 amide bonds. The highest BCUT2D eigenvalue weighted by Gasteiger charge is 2.10. The molecule has 2 rings (SSSR count). The number of anilines is 2. The molecular weight excluding hydrogens is 288 g/mol. The molecule has 0 unspecified atom stereocenters. The summed E-state index contributed by atoms with van der Waals surface area (Å²) in [6, 6.07) is 11.1. The van der Waals surface area contributed by atoms with Crippen LogP contribution in [0.4, 0.5) is 11.4 Å². The third-order valence-electron chi connectivity index (χ3n) is 3.05. The number of hydrogen-bond donors (Lipinski definition) is 2. The standard InChI is InChI=1S/C15H16N2O3S/c1-10-8-11(6-7-14(10)16)15(18)17-12-4-3-5-13(9-12)21(2,19)20/h3-9H,16H2,1-2H3,(H,17,18). The molecule has 0 aliphatic carbocycles. The normalized spacial score (nSPS) is 11.1. The van der Waals surface area contributed by atoms with Crippen molar-refractivity contribution in [2.75, 3.05) is 17.3 Å². The van der Waals surface area contributed by atoms with Gasteiger partial charge in [0.25, 0.3) is 5.91 Å². The molecule has 0 fully saturated rings. The first-order valence-electron chi connectivity index (χ1n) is 6.25. The number of rotatable bonds is 3. The lowest BCUT2D eigenvalue weighted by atomic mass is 10.1. The summed E-state index contributed by atoms with van der Waals surface area (Å²) in [6.07, 6.45) is 1.12. The maximum absolute atomic E-state index is 12.1. The average molecular weight is 304 g/mol. The van der Waals surface area contributed by atoms with Crippen LogP contribution in [0.2, 0.25) is 0 Å². The zero-order valence-corrected chi connectivity index (χ0v) is 12.6.